The molecule has 2 atom stereocenters. The van der Waals surface area contributed by atoms with Gasteiger partial charge >= 0.3 is 0 Å². The van der Waals surface area contributed by atoms with Crippen LogP contribution < -0.4 is 0 Å². The minimum atomic E-state index is -0.378. The second kappa shape index (κ2) is 4.13. The van der Waals surface area contributed by atoms with E-state index in [1.54, 1.807) is 12.5 Å². The highest BCUT2D eigenvalue weighted by Gasteiger charge is 2.24. The van der Waals surface area contributed by atoms with Crippen LogP contribution in [-0.2, 0) is 0 Å². The summed E-state index contributed by atoms with van der Waals surface area (Å²) in [5, 5.41) is 9.94. The molecule has 14 heavy (non-hydrogen) atoms. The third-order valence-electron chi connectivity index (χ3n) is 3.10. The summed E-state index contributed by atoms with van der Waals surface area (Å²) in [6.07, 6.45) is 8.12. The van der Waals surface area contributed by atoms with Crippen molar-refractivity contribution >= 4 is 0 Å². The molecule has 0 aromatic carbocycles. The van der Waals surface area contributed by atoms with Gasteiger partial charge in [-0.25, -0.2) is 4.98 Å². The monoisotopic (exact) mass is 194 g/mol. The number of hydrogen-bond donors (Lipinski definition) is 2. The highest BCUT2D eigenvalue weighted by molar-refractivity contribution is 5.00. The Hall–Kier alpha value is -0.830. The van der Waals surface area contributed by atoms with Crippen molar-refractivity contribution in [1.29, 1.82) is 0 Å². The summed E-state index contributed by atoms with van der Waals surface area (Å²) < 4.78 is 0. The van der Waals surface area contributed by atoms with Crippen molar-refractivity contribution in [3.05, 3.63) is 18.2 Å². The van der Waals surface area contributed by atoms with Crippen LogP contribution in [0.1, 0.15) is 44.4 Å². The van der Waals surface area contributed by atoms with Gasteiger partial charge in [0.05, 0.1) is 24.3 Å². The van der Waals surface area contributed by atoms with E-state index < -0.39 is 0 Å². The van der Waals surface area contributed by atoms with Crippen molar-refractivity contribution in [3.8, 4) is 0 Å². The molecule has 1 fully saturated rings. The molecule has 0 amide bonds. The zero-order valence-corrected chi connectivity index (χ0v) is 8.61. The van der Waals surface area contributed by atoms with E-state index in [0.717, 1.165) is 18.0 Å². The number of aliphatic hydroxyl groups is 1. The number of rotatable bonds is 5. The Morgan fingerprint density at radius 3 is 3.00 bits per heavy atom. The largest absolute Gasteiger partial charge is 0.387 e. The molecule has 1 unspecified atom stereocenters. The minimum Gasteiger partial charge on any atom is -0.387 e. The number of aliphatic hydroxyl groups excluding tert-OH is 1. The van der Waals surface area contributed by atoms with Crippen molar-refractivity contribution < 1.29 is 5.11 Å². The van der Waals surface area contributed by atoms with Gasteiger partial charge in [-0.2, -0.15) is 0 Å². The van der Waals surface area contributed by atoms with Gasteiger partial charge in [-0.1, -0.05) is 26.2 Å². The van der Waals surface area contributed by atoms with Gasteiger partial charge in [0.15, 0.2) is 0 Å². The molecular weight excluding hydrogens is 176 g/mol. The van der Waals surface area contributed by atoms with E-state index in [1.807, 2.05) is 0 Å². The number of aromatic nitrogens is 2. The van der Waals surface area contributed by atoms with Crippen LogP contribution in [0.25, 0.3) is 0 Å². The Kier molecular flexibility index (Phi) is 2.87. The summed E-state index contributed by atoms with van der Waals surface area (Å²) in [6.45, 7) is 2.11. The molecular formula is C11H18N2O. The van der Waals surface area contributed by atoms with Gasteiger partial charge in [0.1, 0.15) is 0 Å². The fourth-order valence-electron chi connectivity index (χ4n) is 1.80. The molecule has 3 heteroatoms. The molecule has 0 aliphatic heterocycles. The number of aromatic amines is 1. The molecule has 1 heterocycles. The van der Waals surface area contributed by atoms with Crippen LogP contribution in [0.4, 0.5) is 0 Å². The maximum atomic E-state index is 9.94. The molecule has 0 spiro atoms. The molecule has 2 rings (SSSR count). The van der Waals surface area contributed by atoms with Crippen LogP contribution in [0.3, 0.4) is 0 Å². The number of nitrogens with one attached hydrogen (secondary N) is 1. The molecule has 0 saturated heterocycles. The van der Waals surface area contributed by atoms with Crippen LogP contribution >= 0.6 is 0 Å². The lowest BCUT2D eigenvalue weighted by atomic mass is 9.96. The van der Waals surface area contributed by atoms with E-state index in [-0.39, 0.29) is 6.10 Å². The molecule has 1 aromatic heterocycles. The van der Waals surface area contributed by atoms with Gasteiger partial charge in [-0.15, -0.1) is 0 Å². The van der Waals surface area contributed by atoms with E-state index in [1.165, 1.54) is 19.3 Å². The fourth-order valence-corrected chi connectivity index (χ4v) is 1.80. The number of imidazole rings is 1. The first-order chi connectivity index (χ1) is 6.77. The molecule has 1 aliphatic rings. The highest BCUT2D eigenvalue weighted by Crippen LogP contribution is 2.36. The SMILES string of the molecule is C[C@@H](CCC1CC1)C(O)c1cnc[nH]1. The Balaban J connectivity index is 1.80. The zero-order valence-electron chi connectivity index (χ0n) is 8.61. The van der Waals surface area contributed by atoms with Gasteiger partial charge in [-0.05, 0) is 18.3 Å². The lowest BCUT2D eigenvalue weighted by molar-refractivity contribution is 0.107. The van der Waals surface area contributed by atoms with Crippen LogP contribution in [0.15, 0.2) is 12.5 Å². The molecule has 1 saturated carbocycles. The minimum absolute atomic E-state index is 0.330. The quantitative estimate of drug-likeness (QED) is 0.755. The Morgan fingerprint density at radius 2 is 2.43 bits per heavy atom. The molecule has 3 nitrogen and oxygen atoms in total. The topological polar surface area (TPSA) is 48.9 Å². The summed E-state index contributed by atoms with van der Waals surface area (Å²) in [7, 11) is 0. The maximum absolute atomic E-state index is 9.94. The van der Waals surface area contributed by atoms with E-state index in [0.29, 0.717) is 5.92 Å². The summed E-state index contributed by atoms with van der Waals surface area (Å²) in [5.41, 5.74) is 0.841. The van der Waals surface area contributed by atoms with Crippen molar-refractivity contribution in [2.75, 3.05) is 0 Å². The molecule has 1 aliphatic carbocycles. The Bertz CT molecular complexity index is 267. The lowest BCUT2D eigenvalue weighted by Crippen LogP contribution is -2.09. The smallest absolute Gasteiger partial charge is 0.0979 e. The first-order valence-corrected chi connectivity index (χ1v) is 5.43. The summed E-state index contributed by atoms with van der Waals surface area (Å²) in [6, 6.07) is 0. The molecule has 0 bridgehead atoms. The third-order valence-corrected chi connectivity index (χ3v) is 3.10. The van der Waals surface area contributed by atoms with Gasteiger partial charge in [-0.3, -0.25) is 0 Å². The zero-order chi connectivity index (χ0) is 9.97. The van der Waals surface area contributed by atoms with Crippen LogP contribution in [0.5, 0.6) is 0 Å². The van der Waals surface area contributed by atoms with Gasteiger partial charge < -0.3 is 10.1 Å². The predicted molar refractivity (Wildman–Crippen MR) is 54.7 cm³/mol. The standard InChI is InChI=1S/C11H18N2O/c1-8(2-3-9-4-5-9)11(14)10-6-12-7-13-10/h6-9,11,14H,2-5H2,1H3,(H,12,13)/t8-,11?/m0/s1. The third kappa shape index (κ3) is 2.35. The van der Waals surface area contributed by atoms with Crippen molar-refractivity contribution in [2.24, 2.45) is 11.8 Å². The van der Waals surface area contributed by atoms with E-state index in [4.69, 9.17) is 0 Å². The first kappa shape index (κ1) is 9.71. The molecule has 2 N–H and O–H groups in total. The van der Waals surface area contributed by atoms with Crippen molar-refractivity contribution in [2.45, 2.75) is 38.7 Å². The second-order valence-corrected chi connectivity index (χ2v) is 4.45. The van der Waals surface area contributed by atoms with Crippen molar-refractivity contribution in [1.82, 2.24) is 9.97 Å². The van der Waals surface area contributed by atoms with E-state index in [2.05, 4.69) is 16.9 Å². The first-order valence-electron chi connectivity index (χ1n) is 5.43. The normalized spacial score (nSPS) is 20.7. The number of nitrogens with zero attached hydrogens (tertiary/aromatic N) is 1. The predicted octanol–water partition coefficient (Wildman–Crippen LogP) is 2.27. The summed E-state index contributed by atoms with van der Waals surface area (Å²) in [4.78, 5) is 6.88. The fraction of sp³-hybridized carbons (Fsp3) is 0.727. The second-order valence-electron chi connectivity index (χ2n) is 4.45. The van der Waals surface area contributed by atoms with E-state index in [9.17, 15) is 5.11 Å². The summed E-state index contributed by atoms with van der Waals surface area (Å²) in [5.74, 6) is 1.28. The number of H-pyrrole nitrogens is 1. The average molecular weight is 194 g/mol. The molecule has 1 aromatic rings. The Morgan fingerprint density at radius 1 is 1.64 bits per heavy atom. The lowest BCUT2D eigenvalue weighted by Gasteiger charge is -2.16. The van der Waals surface area contributed by atoms with Crippen LogP contribution in [0.2, 0.25) is 0 Å². The molecule has 78 valence electrons. The van der Waals surface area contributed by atoms with Gasteiger partial charge in [0.25, 0.3) is 0 Å². The van der Waals surface area contributed by atoms with Gasteiger partial charge in [0.2, 0.25) is 0 Å². The van der Waals surface area contributed by atoms with Crippen LogP contribution in [0, 0.1) is 11.8 Å². The van der Waals surface area contributed by atoms with Crippen molar-refractivity contribution in [3.63, 3.8) is 0 Å². The van der Waals surface area contributed by atoms with Gasteiger partial charge in [0, 0.05) is 0 Å². The maximum Gasteiger partial charge on any atom is 0.0979 e. The van der Waals surface area contributed by atoms with Crippen LogP contribution in [-0.4, -0.2) is 15.1 Å². The summed E-state index contributed by atoms with van der Waals surface area (Å²) >= 11 is 0. The number of hydrogen-bond acceptors (Lipinski definition) is 2. The Labute approximate surface area is 84.6 Å². The average Bonchev–Trinajstić information content (AvgIpc) is 2.86. The van der Waals surface area contributed by atoms with E-state index >= 15 is 0 Å². The highest BCUT2D eigenvalue weighted by atomic mass is 16.3. The molecule has 0 radical (unpaired) electrons.